The zero-order chi connectivity index (χ0) is 10.4. The molecule has 1 rings (SSSR count). The van der Waals surface area contributed by atoms with Gasteiger partial charge in [0.25, 0.3) is 0 Å². The number of amides is 1. The van der Waals surface area contributed by atoms with Crippen LogP contribution < -0.4 is 10.6 Å². The molecule has 0 aromatic heterocycles. The summed E-state index contributed by atoms with van der Waals surface area (Å²) in [6, 6.07) is 0.475. The molecule has 3 heteroatoms. The number of hydrogen-bond donors (Lipinski definition) is 2. The lowest BCUT2D eigenvalue weighted by molar-refractivity contribution is -0.120. The number of rotatable bonds is 6. The minimum absolute atomic E-state index is 0.105. The highest BCUT2D eigenvalue weighted by Crippen LogP contribution is 2.30. The van der Waals surface area contributed by atoms with Crippen molar-refractivity contribution >= 4 is 5.91 Å². The molecule has 82 valence electrons. The van der Waals surface area contributed by atoms with Gasteiger partial charge in [-0.2, -0.15) is 0 Å². The minimum atomic E-state index is 0.105. The topological polar surface area (TPSA) is 41.1 Å². The maximum Gasteiger partial charge on any atom is 0.233 e. The molecule has 14 heavy (non-hydrogen) atoms. The second-order valence-corrected chi connectivity index (χ2v) is 4.27. The van der Waals surface area contributed by atoms with Crippen LogP contribution in [0.15, 0.2) is 0 Å². The summed E-state index contributed by atoms with van der Waals surface area (Å²) in [7, 11) is 0. The summed E-state index contributed by atoms with van der Waals surface area (Å²) in [5.41, 5.74) is 0. The number of carbonyl (C=O) groups is 1. The molecule has 0 heterocycles. The maximum absolute atomic E-state index is 11.1. The fraction of sp³-hybridized carbons (Fsp3) is 0.909. The van der Waals surface area contributed by atoms with Gasteiger partial charge in [-0.15, -0.1) is 0 Å². The van der Waals surface area contributed by atoms with E-state index in [-0.39, 0.29) is 5.91 Å². The van der Waals surface area contributed by atoms with Crippen molar-refractivity contribution in [2.45, 2.75) is 45.6 Å². The monoisotopic (exact) mass is 198 g/mol. The fourth-order valence-corrected chi connectivity index (χ4v) is 1.84. The van der Waals surface area contributed by atoms with Gasteiger partial charge >= 0.3 is 0 Å². The molecule has 1 aliphatic carbocycles. The maximum atomic E-state index is 11.1. The van der Waals surface area contributed by atoms with Gasteiger partial charge in [-0.1, -0.05) is 19.3 Å². The molecule has 1 unspecified atom stereocenters. The van der Waals surface area contributed by atoms with Crippen LogP contribution in [0.1, 0.15) is 39.5 Å². The van der Waals surface area contributed by atoms with Gasteiger partial charge in [0, 0.05) is 12.6 Å². The standard InChI is InChI=1S/C11H22N2O/c1-3-12-11(14)8-13-9(2)7-10-5-4-6-10/h9-10,13H,3-8H2,1-2H3,(H,12,14). The second kappa shape index (κ2) is 6.02. The Balaban J connectivity index is 2.01. The van der Waals surface area contributed by atoms with Gasteiger partial charge in [-0.05, 0) is 26.2 Å². The molecule has 0 saturated heterocycles. The minimum Gasteiger partial charge on any atom is -0.355 e. The Bertz CT molecular complexity index is 178. The molecule has 1 saturated carbocycles. The van der Waals surface area contributed by atoms with E-state index < -0.39 is 0 Å². The SMILES string of the molecule is CCNC(=O)CNC(C)CC1CCC1. The first kappa shape index (κ1) is 11.5. The first-order valence-electron chi connectivity index (χ1n) is 5.72. The zero-order valence-electron chi connectivity index (χ0n) is 9.31. The van der Waals surface area contributed by atoms with Crippen LogP contribution in [-0.4, -0.2) is 25.0 Å². The average Bonchev–Trinajstić information content (AvgIpc) is 2.09. The molecule has 0 bridgehead atoms. The molecule has 0 spiro atoms. The van der Waals surface area contributed by atoms with Crippen LogP contribution in [0.4, 0.5) is 0 Å². The van der Waals surface area contributed by atoms with Crippen molar-refractivity contribution in [2.24, 2.45) is 5.92 Å². The number of carbonyl (C=O) groups excluding carboxylic acids is 1. The lowest BCUT2D eigenvalue weighted by Gasteiger charge is -2.28. The lowest BCUT2D eigenvalue weighted by Crippen LogP contribution is -2.39. The molecular weight excluding hydrogens is 176 g/mol. The quantitative estimate of drug-likeness (QED) is 0.675. The molecule has 0 aromatic carbocycles. The van der Waals surface area contributed by atoms with E-state index in [1.165, 1.54) is 25.7 Å². The van der Waals surface area contributed by atoms with Crippen LogP contribution in [0.5, 0.6) is 0 Å². The van der Waals surface area contributed by atoms with Gasteiger partial charge in [-0.25, -0.2) is 0 Å². The third-order valence-corrected chi connectivity index (χ3v) is 2.90. The summed E-state index contributed by atoms with van der Waals surface area (Å²) in [5.74, 6) is 1.01. The fourth-order valence-electron chi connectivity index (χ4n) is 1.84. The van der Waals surface area contributed by atoms with Gasteiger partial charge < -0.3 is 10.6 Å². The van der Waals surface area contributed by atoms with Crippen LogP contribution in [0.25, 0.3) is 0 Å². The van der Waals surface area contributed by atoms with Crippen molar-refractivity contribution in [3.05, 3.63) is 0 Å². The Hall–Kier alpha value is -0.570. The molecular formula is C11H22N2O. The summed E-state index contributed by atoms with van der Waals surface area (Å²) in [4.78, 5) is 11.1. The van der Waals surface area contributed by atoms with E-state index in [2.05, 4.69) is 17.6 Å². The Morgan fingerprint density at radius 2 is 2.21 bits per heavy atom. The molecule has 1 fully saturated rings. The molecule has 1 amide bonds. The van der Waals surface area contributed by atoms with Crippen molar-refractivity contribution in [1.29, 1.82) is 0 Å². The highest BCUT2D eigenvalue weighted by Gasteiger charge is 2.19. The predicted octanol–water partition coefficient (Wildman–Crippen LogP) is 1.29. The second-order valence-electron chi connectivity index (χ2n) is 4.27. The van der Waals surface area contributed by atoms with E-state index in [0.717, 1.165) is 12.5 Å². The van der Waals surface area contributed by atoms with Crippen LogP contribution in [0.3, 0.4) is 0 Å². The predicted molar refractivity (Wildman–Crippen MR) is 58.1 cm³/mol. The van der Waals surface area contributed by atoms with Crippen LogP contribution in [0.2, 0.25) is 0 Å². The van der Waals surface area contributed by atoms with Crippen molar-refractivity contribution < 1.29 is 4.79 Å². The Morgan fingerprint density at radius 1 is 1.50 bits per heavy atom. The van der Waals surface area contributed by atoms with Gasteiger partial charge in [-0.3, -0.25) is 4.79 Å². The van der Waals surface area contributed by atoms with Gasteiger partial charge in [0.2, 0.25) is 5.91 Å². The van der Waals surface area contributed by atoms with E-state index >= 15 is 0 Å². The van der Waals surface area contributed by atoms with Crippen LogP contribution >= 0.6 is 0 Å². The first-order chi connectivity index (χ1) is 6.72. The molecule has 1 aliphatic rings. The van der Waals surface area contributed by atoms with E-state index in [0.29, 0.717) is 12.6 Å². The Labute approximate surface area is 86.6 Å². The normalized spacial score (nSPS) is 18.7. The zero-order valence-corrected chi connectivity index (χ0v) is 9.31. The smallest absolute Gasteiger partial charge is 0.233 e. The number of hydrogen-bond acceptors (Lipinski definition) is 2. The van der Waals surface area contributed by atoms with Crippen molar-refractivity contribution in [3.8, 4) is 0 Å². The average molecular weight is 198 g/mol. The van der Waals surface area contributed by atoms with Crippen molar-refractivity contribution in [2.75, 3.05) is 13.1 Å². The summed E-state index contributed by atoms with van der Waals surface area (Å²) < 4.78 is 0. The highest BCUT2D eigenvalue weighted by atomic mass is 16.1. The van der Waals surface area contributed by atoms with E-state index in [4.69, 9.17) is 0 Å². The van der Waals surface area contributed by atoms with Gasteiger partial charge in [0.1, 0.15) is 0 Å². The molecule has 3 nitrogen and oxygen atoms in total. The third-order valence-electron chi connectivity index (χ3n) is 2.90. The third kappa shape index (κ3) is 4.09. The summed E-state index contributed by atoms with van der Waals surface area (Å²) >= 11 is 0. The number of likely N-dealkylation sites (N-methyl/N-ethyl adjacent to an activating group) is 1. The Kier molecular flexibility index (Phi) is 4.94. The number of nitrogens with one attached hydrogen (secondary N) is 2. The van der Waals surface area contributed by atoms with Crippen molar-refractivity contribution in [3.63, 3.8) is 0 Å². The van der Waals surface area contributed by atoms with Crippen LogP contribution in [-0.2, 0) is 4.79 Å². The van der Waals surface area contributed by atoms with Gasteiger partial charge in [0.15, 0.2) is 0 Å². The van der Waals surface area contributed by atoms with Crippen LogP contribution in [0, 0.1) is 5.92 Å². The first-order valence-corrected chi connectivity index (χ1v) is 5.72. The van der Waals surface area contributed by atoms with E-state index in [1.54, 1.807) is 0 Å². The van der Waals surface area contributed by atoms with Gasteiger partial charge in [0.05, 0.1) is 6.54 Å². The molecule has 0 aromatic rings. The van der Waals surface area contributed by atoms with E-state index in [9.17, 15) is 4.79 Å². The summed E-state index contributed by atoms with van der Waals surface area (Å²) in [6.07, 6.45) is 5.38. The summed E-state index contributed by atoms with van der Waals surface area (Å²) in [5, 5.41) is 6.03. The largest absolute Gasteiger partial charge is 0.355 e. The molecule has 1 atom stereocenters. The molecule has 2 N–H and O–H groups in total. The Morgan fingerprint density at radius 3 is 2.71 bits per heavy atom. The van der Waals surface area contributed by atoms with E-state index in [1.807, 2.05) is 6.92 Å². The lowest BCUT2D eigenvalue weighted by atomic mass is 9.81. The summed E-state index contributed by atoms with van der Waals surface area (Å²) in [6.45, 7) is 5.28. The molecule has 0 aliphatic heterocycles. The van der Waals surface area contributed by atoms with Crippen molar-refractivity contribution in [1.82, 2.24) is 10.6 Å². The molecule has 0 radical (unpaired) electrons. The highest BCUT2D eigenvalue weighted by molar-refractivity contribution is 5.77.